The highest BCUT2D eigenvalue weighted by atomic mass is 19.4. The second-order valence-electron chi connectivity index (χ2n) is 6.94. The van der Waals surface area contributed by atoms with Gasteiger partial charge in [-0.15, -0.1) is 0 Å². The SMILES string of the molecule is CC(NC(=O)c1cc(C(F)(F)F)cc(C(F)(F)F)c1)c1ncnn1-c1ncc(OCC(F)F)cn1. The van der Waals surface area contributed by atoms with Crippen LogP contribution in [-0.2, 0) is 12.4 Å². The lowest BCUT2D eigenvalue weighted by Crippen LogP contribution is -2.29. The number of nitrogens with one attached hydrogen (secondary N) is 1. The fourth-order valence-electron chi connectivity index (χ4n) is 2.78. The van der Waals surface area contributed by atoms with Gasteiger partial charge < -0.3 is 10.1 Å². The van der Waals surface area contributed by atoms with Gasteiger partial charge in [-0.1, -0.05) is 0 Å². The van der Waals surface area contributed by atoms with Gasteiger partial charge in [-0.25, -0.2) is 23.7 Å². The zero-order valence-corrected chi connectivity index (χ0v) is 17.4. The van der Waals surface area contributed by atoms with Crippen LogP contribution in [0, 0.1) is 0 Å². The lowest BCUT2D eigenvalue weighted by atomic mass is 10.0. The van der Waals surface area contributed by atoms with Crippen molar-refractivity contribution in [3.05, 3.63) is 59.4 Å². The van der Waals surface area contributed by atoms with Crippen LogP contribution in [0.15, 0.2) is 36.9 Å². The standard InChI is InChI=1S/C19H14F8N6O2/c1-9(15-30-8-31-33(15)17-28-5-13(6-29-17)35-7-14(20)21)32-16(34)10-2-11(18(22,23)24)4-12(3-10)19(25,26)27/h2-6,8-9,14H,7H2,1H3,(H,32,34). The number of alkyl halides is 8. The van der Waals surface area contributed by atoms with Crippen molar-refractivity contribution in [3.8, 4) is 11.7 Å². The Morgan fingerprint density at radius 2 is 1.57 bits per heavy atom. The Labute approximate surface area is 191 Å². The minimum Gasteiger partial charge on any atom is -0.484 e. The highest BCUT2D eigenvalue weighted by Crippen LogP contribution is 2.36. The fraction of sp³-hybridized carbons (Fsp3) is 0.316. The van der Waals surface area contributed by atoms with Gasteiger partial charge in [0, 0.05) is 5.56 Å². The molecule has 0 fully saturated rings. The molecule has 1 atom stereocenters. The maximum absolute atomic E-state index is 13.1. The number of hydrogen-bond acceptors (Lipinski definition) is 6. The Balaban J connectivity index is 1.82. The lowest BCUT2D eigenvalue weighted by Gasteiger charge is -2.17. The Morgan fingerprint density at radius 3 is 2.09 bits per heavy atom. The average molecular weight is 510 g/mol. The molecule has 0 saturated heterocycles. The molecule has 188 valence electrons. The summed E-state index contributed by atoms with van der Waals surface area (Å²) in [5.74, 6) is -1.45. The van der Waals surface area contributed by atoms with Gasteiger partial charge in [0.1, 0.15) is 12.9 Å². The summed E-state index contributed by atoms with van der Waals surface area (Å²) >= 11 is 0. The number of hydrogen-bond donors (Lipinski definition) is 1. The molecule has 1 N–H and O–H groups in total. The molecule has 0 aliphatic carbocycles. The molecular formula is C19H14F8N6O2. The van der Waals surface area contributed by atoms with E-state index in [1.54, 1.807) is 0 Å². The van der Waals surface area contributed by atoms with Gasteiger partial charge in [-0.05, 0) is 25.1 Å². The molecular weight excluding hydrogens is 496 g/mol. The number of carbonyl (C=O) groups excluding carboxylic acids is 1. The van der Waals surface area contributed by atoms with E-state index in [0.717, 1.165) is 23.4 Å². The summed E-state index contributed by atoms with van der Waals surface area (Å²) in [4.78, 5) is 24.2. The van der Waals surface area contributed by atoms with Crippen LogP contribution in [0.5, 0.6) is 5.75 Å². The smallest absolute Gasteiger partial charge is 0.416 e. The summed E-state index contributed by atoms with van der Waals surface area (Å²) in [6.45, 7) is 0.461. The van der Waals surface area contributed by atoms with E-state index in [9.17, 15) is 39.9 Å². The number of rotatable bonds is 7. The molecule has 1 aromatic carbocycles. The third-order valence-electron chi connectivity index (χ3n) is 4.34. The van der Waals surface area contributed by atoms with Crippen LogP contribution in [0.4, 0.5) is 35.1 Å². The maximum atomic E-state index is 13.1. The Bertz CT molecular complexity index is 1150. The first-order chi connectivity index (χ1) is 16.3. The zero-order chi connectivity index (χ0) is 26.0. The molecule has 1 unspecified atom stereocenters. The molecule has 35 heavy (non-hydrogen) atoms. The minimum atomic E-state index is -5.12. The summed E-state index contributed by atoms with van der Waals surface area (Å²) in [5, 5.41) is 6.10. The molecule has 0 aliphatic heterocycles. The van der Waals surface area contributed by atoms with Crippen LogP contribution in [0.1, 0.15) is 40.3 Å². The van der Waals surface area contributed by atoms with Gasteiger partial charge in [-0.3, -0.25) is 4.79 Å². The summed E-state index contributed by atoms with van der Waals surface area (Å²) in [6, 6.07) is -0.581. The van der Waals surface area contributed by atoms with Crippen LogP contribution in [-0.4, -0.2) is 43.7 Å². The van der Waals surface area contributed by atoms with E-state index in [1.165, 1.54) is 6.92 Å². The molecule has 3 rings (SSSR count). The zero-order valence-electron chi connectivity index (χ0n) is 17.4. The Kier molecular flexibility index (Phi) is 7.21. The Hall–Kier alpha value is -3.85. The number of aromatic nitrogens is 5. The molecule has 8 nitrogen and oxygen atoms in total. The predicted octanol–water partition coefficient (Wildman–Crippen LogP) is 4.23. The number of carbonyl (C=O) groups is 1. The van der Waals surface area contributed by atoms with Crippen LogP contribution >= 0.6 is 0 Å². The monoisotopic (exact) mass is 510 g/mol. The van der Waals surface area contributed by atoms with Crippen LogP contribution < -0.4 is 10.1 Å². The molecule has 3 aromatic rings. The largest absolute Gasteiger partial charge is 0.484 e. The average Bonchev–Trinajstić information content (AvgIpc) is 3.26. The van der Waals surface area contributed by atoms with Crippen molar-refractivity contribution in [1.29, 1.82) is 0 Å². The third kappa shape index (κ3) is 6.39. The van der Waals surface area contributed by atoms with E-state index in [-0.39, 0.29) is 23.6 Å². The van der Waals surface area contributed by atoms with E-state index in [1.807, 2.05) is 0 Å². The van der Waals surface area contributed by atoms with Crippen molar-refractivity contribution >= 4 is 5.91 Å². The van der Waals surface area contributed by atoms with Crippen molar-refractivity contribution in [2.45, 2.75) is 31.7 Å². The maximum Gasteiger partial charge on any atom is 0.416 e. The van der Waals surface area contributed by atoms with E-state index >= 15 is 0 Å². The molecule has 2 aromatic heterocycles. The second kappa shape index (κ2) is 9.79. The van der Waals surface area contributed by atoms with Gasteiger partial charge in [0.25, 0.3) is 18.3 Å². The minimum absolute atomic E-state index is 0.0254. The first-order valence-electron chi connectivity index (χ1n) is 9.49. The van der Waals surface area contributed by atoms with E-state index in [4.69, 9.17) is 4.74 Å². The lowest BCUT2D eigenvalue weighted by molar-refractivity contribution is -0.143. The first kappa shape index (κ1) is 25.8. The van der Waals surface area contributed by atoms with Gasteiger partial charge in [-0.2, -0.15) is 36.1 Å². The van der Waals surface area contributed by atoms with Gasteiger partial charge in [0.15, 0.2) is 11.6 Å². The Morgan fingerprint density at radius 1 is 1.00 bits per heavy atom. The number of nitrogens with zero attached hydrogens (tertiary/aromatic N) is 5. The second-order valence-corrected chi connectivity index (χ2v) is 6.94. The third-order valence-corrected chi connectivity index (χ3v) is 4.34. The van der Waals surface area contributed by atoms with Gasteiger partial charge in [0.05, 0.1) is 29.6 Å². The van der Waals surface area contributed by atoms with Crippen molar-refractivity contribution in [3.63, 3.8) is 0 Å². The van der Waals surface area contributed by atoms with Crippen molar-refractivity contribution in [1.82, 2.24) is 30.0 Å². The summed E-state index contributed by atoms with van der Waals surface area (Å²) in [6.07, 6.45) is -9.78. The molecule has 0 saturated carbocycles. The topological polar surface area (TPSA) is 94.8 Å². The van der Waals surface area contributed by atoms with Crippen LogP contribution in [0.3, 0.4) is 0 Å². The molecule has 0 radical (unpaired) electrons. The summed E-state index contributed by atoms with van der Waals surface area (Å²) < 4.78 is 109. The molecule has 16 heteroatoms. The fourth-order valence-corrected chi connectivity index (χ4v) is 2.78. The number of benzene rings is 1. The highest BCUT2D eigenvalue weighted by molar-refractivity contribution is 5.94. The van der Waals surface area contributed by atoms with Crippen molar-refractivity contribution in [2.24, 2.45) is 0 Å². The van der Waals surface area contributed by atoms with E-state index < -0.39 is 54.0 Å². The van der Waals surface area contributed by atoms with Gasteiger partial charge in [0.2, 0.25) is 0 Å². The van der Waals surface area contributed by atoms with Crippen LogP contribution in [0.25, 0.3) is 5.95 Å². The van der Waals surface area contributed by atoms with Crippen molar-refractivity contribution in [2.75, 3.05) is 6.61 Å². The van der Waals surface area contributed by atoms with Crippen molar-refractivity contribution < 1.29 is 44.7 Å². The van der Waals surface area contributed by atoms with E-state index in [0.29, 0.717) is 12.1 Å². The molecule has 1 amide bonds. The number of ether oxygens (including phenoxy) is 1. The quantitative estimate of drug-likeness (QED) is 0.479. The van der Waals surface area contributed by atoms with Gasteiger partial charge >= 0.3 is 12.4 Å². The molecule has 0 bridgehead atoms. The number of amides is 1. The van der Waals surface area contributed by atoms with Crippen LogP contribution in [0.2, 0.25) is 0 Å². The molecule has 2 heterocycles. The number of halogens is 8. The normalized spacial score (nSPS) is 13.1. The first-order valence-corrected chi connectivity index (χ1v) is 9.49. The summed E-state index contributed by atoms with van der Waals surface area (Å²) in [7, 11) is 0. The summed E-state index contributed by atoms with van der Waals surface area (Å²) in [5.41, 5.74) is -4.16. The predicted molar refractivity (Wildman–Crippen MR) is 101 cm³/mol. The highest BCUT2D eigenvalue weighted by Gasteiger charge is 2.37. The van der Waals surface area contributed by atoms with E-state index in [2.05, 4.69) is 25.4 Å². The molecule has 0 aliphatic rings. The molecule has 0 spiro atoms.